The van der Waals surface area contributed by atoms with Gasteiger partial charge in [-0.25, -0.2) is 0 Å². The number of methoxy groups -OCH3 is 1. The number of ether oxygens (including phenoxy) is 2. The Morgan fingerprint density at radius 3 is 2.48 bits per heavy atom. The molecule has 1 aromatic carbocycles. The van der Waals surface area contributed by atoms with Gasteiger partial charge in [0, 0.05) is 18.7 Å². The molecule has 5 nitrogen and oxygen atoms in total. The summed E-state index contributed by atoms with van der Waals surface area (Å²) in [6.45, 7) is 10.1. The first-order chi connectivity index (χ1) is 10.2. The molecule has 0 aliphatic carbocycles. The maximum Gasteiger partial charge on any atom is 0.251 e. The monoisotopic (exact) mass is 294 g/mol. The summed E-state index contributed by atoms with van der Waals surface area (Å²) in [6, 6.07) is 5.22. The van der Waals surface area contributed by atoms with Crippen molar-refractivity contribution >= 4 is 5.91 Å². The second kappa shape index (κ2) is 9.23. The number of rotatable bonds is 9. The predicted octanol–water partition coefficient (Wildman–Crippen LogP) is 2.17. The second-order valence-electron chi connectivity index (χ2n) is 4.58. The van der Waals surface area contributed by atoms with Crippen molar-refractivity contribution in [2.75, 3.05) is 39.9 Å². The third kappa shape index (κ3) is 5.27. The van der Waals surface area contributed by atoms with Gasteiger partial charge in [0.1, 0.15) is 0 Å². The van der Waals surface area contributed by atoms with Gasteiger partial charge in [-0.1, -0.05) is 13.8 Å². The van der Waals surface area contributed by atoms with Crippen molar-refractivity contribution in [2.45, 2.75) is 20.8 Å². The summed E-state index contributed by atoms with van der Waals surface area (Å²) in [5, 5.41) is 2.93. The van der Waals surface area contributed by atoms with E-state index in [0.717, 1.165) is 19.6 Å². The second-order valence-corrected chi connectivity index (χ2v) is 4.58. The lowest BCUT2D eigenvalue weighted by Crippen LogP contribution is -2.34. The molecule has 0 atom stereocenters. The van der Waals surface area contributed by atoms with Crippen molar-refractivity contribution in [3.63, 3.8) is 0 Å². The molecule has 0 fully saturated rings. The Morgan fingerprint density at radius 2 is 1.90 bits per heavy atom. The van der Waals surface area contributed by atoms with Crippen LogP contribution in [0.5, 0.6) is 11.5 Å². The van der Waals surface area contributed by atoms with Gasteiger partial charge in [0.15, 0.2) is 11.5 Å². The number of benzene rings is 1. The van der Waals surface area contributed by atoms with E-state index >= 15 is 0 Å². The largest absolute Gasteiger partial charge is 0.493 e. The molecule has 21 heavy (non-hydrogen) atoms. The third-order valence-electron chi connectivity index (χ3n) is 3.33. The van der Waals surface area contributed by atoms with Crippen molar-refractivity contribution in [3.8, 4) is 11.5 Å². The number of hydrogen-bond donors (Lipinski definition) is 1. The summed E-state index contributed by atoms with van der Waals surface area (Å²) in [5.41, 5.74) is 0.582. The Kier molecular flexibility index (Phi) is 7.61. The van der Waals surface area contributed by atoms with Crippen LogP contribution < -0.4 is 14.8 Å². The Bertz CT molecular complexity index is 445. The van der Waals surface area contributed by atoms with Crippen LogP contribution in [0.1, 0.15) is 31.1 Å². The average molecular weight is 294 g/mol. The molecule has 0 radical (unpaired) electrons. The summed E-state index contributed by atoms with van der Waals surface area (Å²) in [6.07, 6.45) is 0. The molecule has 0 aliphatic heterocycles. The minimum Gasteiger partial charge on any atom is -0.493 e. The SMILES string of the molecule is CCOc1cc(C(=O)NCCN(CC)CC)ccc1OC. The molecule has 0 aromatic heterocycles. The number of amides is 1. The van der Waals surface area contributed by atoms with Crippen molar-refractivity contribution in [1.82, 2.24) is 10.2 Å². The van der Waals surface area contributed by atoms with E-state index in [1.807, 2.05) is 6.92 Å². The fourth-order valence-corrected chi connectivity index (χ4v) is 2.06. The van der Waals surface area contributed by atoms with Crippen molar-refractivity contribution in [3.05, 3.63) is 23.8 Å². The molecule has 1 amide bonds. The molecule has 0 saturated carbocycles. The number of carbonyl (C=O) groups excluding carboxylic acids is 1. The van der Waals surface area contributed by atoms with E-state index in [2.05, 4.69) is 24.1 Å². The minimum atomic E-state index is -0.0919. The highest BCUT2D eigenvalue weighted by Crippen LogP contribution is 2.27. The highest BCUT2D eigenvalue weighted by molar-refractivity contribution is 5.94. The highest BCUT2D eigenvalue weighted by atomic mass is 16.5. The van der Waals surface area contributed by atoms with Gasteiger partial charge in [-0.3, -0.25) is 4.79 Å². The van der Waals surface area contributed by atoms with Crippen LogP contribution in [0.25, 0.3) is 0 Å². The van der Waals surface area contributed by atoms with Crippen LogP contribution in [0.3, 0.4) is 0 Å². The summed E-state index contributed by atoms with van der Waals surface area (Å²) in [4.78, 5) is 14.4. The lowest BCUT2D eigenvalue weighted by Gasteiger charge is -2.18. The van der Waals surface area contributed by atoms with Crippen LogP contribution in [-0.4, -0.2) is 50.7 Å². The zero-order valence-electron chi connectivity index (χ0n) is 13.4. The summed E-state index contributed by atoms with van der Waals surface area (Å²) in [7, 11) is 1.59. The van der Waals surface area contributed by atoms with Gasteiger partial charge in [-0.05, 0) is 38.2 Å². The van der Waals surface area contributed by atoms with E-state index in [9.17, 15) is 4.79 Å². The Morgan fingerprint density at radius 1 is 1.19 bits per heavy atom. The van der Waals surface area contributed by atoms with E-state index in [1.54, 1.807) is 25.3 Å². The quantitative estimate of drug-likeness (QED) is 0.758. The Balaban J connectivity index is 2.63. The number of nitrogens with zero attached hydrogens (tertiary/aromatic N) is 1. The van der Waals surface area contributed by atoms with E-state index in [1.165, 1.54) is 0 Å². The molecular weight excluding hydrogens is 268 g/mol. The normalized spacial score (nSPS) is 10.5. The maximum absolute atomic E-state index is 12.1. The summed E-state index contributed by atoms with van der Waals surface area (Å²) < 4.78 is 10.7. The van der Waals surface area contributed by atoms with Crippen molar-refractivity contribution in [1.29, 1.82) is 0 Å². The number of hydrogen-bond acceptors (Lipinski definition) is 4. The predicted molar refractivity (Wildman–Crippen MR) is 84.3 cm³/mol. The zero-order chi connectivity index (χ0) is 15.7. The topological polar surface area (TPSA) is 50.8 Å². The van der Waals surface area contributed by atoms with Crippen LogP contribution in [0, 0.1) is 0 Å². The Hall–Kier alpha value is -1.75. The first-order valence-corrected chi connectivity index (χ1v) is 7.47. The number of likely N-dealkylation sites (N-methyl/N-ethyl adjacent to an activating group) is 1. The molecule has 0 unspecified atom stereocenters. The zero-order valence-corrected chi connectivity index (χ0v) is 13.4. The first kappa shape index (κ1) is 17.3. The number of nitrogens with one attached hydrogen (secondary N) is 1. The van der Waals surface area contributed by atoms with E-state index < -0.39 is 0 Å². The van der Waals surface area contributed by atoms with Gasteiger partial charge in [0.2, 0.25) is 0 Å². The molecule has 0 saturated heterocycles. The van der Waals surface area contributed by atoms with Crippen LogP contribution in [0.2, 0.25) is 0 Å². The maximum atomic E-state index is 12.1. The van der Waals surface area contributed by atoms with Gasteiger partial charge < -0.3 is 19.7 Å². The third-order valence-corrected chi connectivity index (χ3v) is 3.33. The van der Waals surface area contributed by atoms with Gasteiger partial charge in [-0.2, -0.15) is 0 Å². The molecule has 118 valence electrons. The molecule has 0 bridgehead atoms. The average Bonchev–Trinajstić information content (AvgIpc) is 2.51. The van der Waals surface area contributed by atoms with Crippen LogP contribution in [-0.2, 0) is 0 Å². The van der Waals surface area contributed by atoms with E-state index in [0.29, 0.717) is 30.2 Å². The minimum absolute atomic E-state index is 0.0919. The summed E-state index contributed by atoms with van der Waals surface area (Å²) >= 11 is 0. The molecule has 1 rings (SSSR count). The van der Waals surface area contributed by atoms with Gasteiger partial charge in [-0.15, -0.1) is 0 Å². The van der Waals surface area contributed by atoms with Crippen LogP contribution >= 0.6 is 0 Å². The molecular formula is C16H26N2O3. The van der Waals surface area contributed by atoms with E-state index in [4.69, 9.17) is 9.47 Å². The molecule has 0 heterocycles. The standard InChI is InChI=1S/C16H26N2O3/c1-5-18(6-2)11-10-17-16(19)13-8-9-14(20-4)15(12-13)21-7-3/h8-9,12H,5-7,10-11H2,1-4H3,(H,17,19). The smallest absolute Gasteiger partial charge is 0.251 e. The fraction of sp³-hybridized carbons (Fsp3) is 0.562. The highest BCUT2D eigenvalue weighted by Gasteiger charge is 2.11. The first-order valence-electron chi connectivity index (χ1n) is 7.47. The van der Waals surface area contributed by atoms with E-state index in [-0.39, 0.29) is 5.91 Å². The van der Waals surface area contributed by atoms with Crippen LogP contribution in [0.15, 0.2) is 18.2 Å². The van der Waals surface area contributed by atoms with Crippen LogP contribution in [0.4, 0.5) is 0 Å². The number of carbonyl (C=O) groups is 1. The molecule has 1 N–H and O–H groups in total. The van der Waals surface area contributed by atoms with Gasteiger partial charge >= 0.3 is 0 Å². The van der Waals surface area contributed by atoms with Crippen molar-refractivity contribution < 1.29 is 14.3 Å². The lowest BCUT2D eigenvalue weighted by molar-refractivity contribution is 0.0948. The molecule has 0 aliphatic rings. The van der Waals surface area contributed by atoms with Gasteiger partial charge in [0.25, 0.3) is 5.91 Å². The Labute approximate surface area is 127 Å². The van der Waals surface area contributed by atoms with Gasteiger partial charge in [0.05, 0.1) is 13.7 Å². The molecule has 0 spiro atoms. The van der Waals surface area contributed by atoms with Crippen molar-refractivity contribution in [2.24, 2.45) is 0 Å². The molecule has 5 heteroatoms. The lowest BCUT2D eigenvalue weighted by atomic mass is 10.2. The fourth-order valence-electron chi connectivity index (χ4n) is 2.06. The summed E-state index contributed by atoms with van der Waals surface area (Å²) in [5.74, 6) is 1.14. The molecule has 1 aromatic rings.